The van der Waals surface area contributed by atoms with Gasteiger partial charge in [0.05, 0.1) is 5.69 Å². The van der Waals surface area contributed by atoms with E-state index in [1.54, 1.807) is 6.92 Å². The van der Waals surface area contributed by atoms with Gasteiger partial charge in [-0.15, -0.1) is 5.10 Å². The van der Waals surface area contributed by atoms with E-state index in [1.807, 2.05) is 6.92 Å². The standard InChI is InChI=1S/C9H12N2OS/c1-4-5-7-9(13-11-10-7)8(12)6(2)3/h2,4-5H2,1,3H3. The van der Waals surface area contributed by atoms with Gasteiger partial charge in [0.15, 0.2) is 0 Å². The molecule has 0 N–H and O–H groups in total. The van der Waals surface area contributed by atoms with E-state index >= 15 is 0 Å². The monoisotopic (exact) mass is 196 g/mol. The molecule has 0 saturated heterocycles. The third kappa shape index (κ3) is 2.21. The largest absolute Gasteiger partial charge is 0.288 e. The Hall–Kier alpha value is -1.03. The second-order valence-corrected chi connectivity index (χ2v) is 3.66. The van der Waals surface area contributed by atoms with E-state index in [4.69, 9.17) is 0 Å². The number of nitrogens with zero attached hydrogens (tertiary/aromatic N) is 2. The number of allylic oxidation sites excluding steroid dienone is 1. The zero-order valence-electron chi connectivity index (χ0n) is 7.83. The molecule has 0 spiro atoms. The lowest BCUT2D eigenvalue weighted by Gasteiger charge is -1.96. The molecule has 0 radical (unpaired) electrons. The van der Waals surface area contributed by atoms with E-state index in [1.165, 1.54) is 0 Å². The number of ketones is 1. The van der Waals surface area contributed by atoms with Gasteiger partial charge in [0.1, 0.15) is 4.88 Å². The van der Waals surface area contributed by atoms with E-state index in [-0.39, 0.29) is 5.78 Å². The van der Waals surface area contributed by atoms with Gasteiger partial charge in [-0.2, -0.15) is 0 Å². The van der Waals surface area contributed by atoms with Crippen LogP contribution in [0.2, 0.25) is 0 Å². The van der Waals surface area contributed by atoms with Crippen molar-refractivity contribution in [3.63, 3.8) is 0 Å². The average Bonchev–Trinajstić information content (AvgIpc) is 2.52. The molecule has 0 amide bonds. The highest BCUT2D eigenvalue weighted by molar-refractivity contribution is 7.08. The minimum atomic E-state index is -0.0292. The van der Waals surface area contributed by atoms with Gasteiger partial charge in [-0.05, 0) is 30.5 Å². The Morgan fingerprint density at radius 1 is 1.62 bits per heavy atom. The highest BCUT2D eigenvalue weighted by Gasteiger charge is 2.15. The van der Waals surface area contributed by atoms with Gasteiger partial charge in [-0.25, -0.2) is 0 Å². The van der Waals surface area contributed by atoms with Crippen LogP contribution in [0.1, 0.15) is 35.6 Å². The number of rotatable bonds is 4. The maximum atomic E-state index is 11.5. The molecule has 1 heterocycles. The Kier molecular flexibility index (Phi) is 3.31. The first-order valence-corrected chi connectivity index (χ1v) is 4.95. The molecule has 13 heavy (non-hydrogen) atoms. The molecule has 1 rings (SSSR count). The number of aryl methyl sites for hydroxylation is 1. The van der Waals surface area contributed by atoms with Crippen LogP contribution in [0.3, 0.4) is 0 Å². The van der Waals surface area contributed by atoms with Gasteiger partial charge >= 0.3 is 0 Å². The molecule has 0 aliphatic heterocycles. The molecule has 0 saturated carbocycles. The predicted molar refractivity (Wildman–Crippen MR) is 53.0 cm³/mol. The van der Waals surface area contributed by atoms with Crippen molar-refractivity contribution >= 4 is 17.3 Å². The van der Waals surface area contributed by atoms with Gasteiger partial charge in [0.25, 0.3) is 0 Å². The Balaban J connectivity index is 2.93. The Morgan fingerprint density at radius 3 is 2.85 bits per heavy atom. The minimum Gasteiger partial charge on any atom is -0.288 e. The predicted octanol–water partition coefficient (Wildman–Crippen LogP) is 2.25. The summed E-state index contributed by atoms with van der Waals surface area (Å²) in [7, 11) is 0. The quantitative estimate of drug-likeness (QED) is 0.548. The molecule has 1 aromatic rings. The first-order chi connectivity index (χ1) is 6.16. The van der Waals surface area contributed by atoms with E-state index in [9.17, 15) is 4.79 Å². The molecule has 0 aliphatic rings. The van der Waals surface area contributed by atoms with Gasteiger partial charge in [-0.1, -0.05) is 24.4 Å². The molecule has 0 unspecified atom stereocenters. The van der Waals surface area contributed by atoms with Crippen molar-refractivity contribution in [1.82, 2.24) is 9.59 Å². The molecule has 0 aliphatic carbocycles. The molecule has 0 fully saturated rings. The number of Topliss-reactive ketones (excluding diaryl/α,β-unsaturated/α-hetero) is 1. The average molecular weight is 196 g/mol. The van der Waals surface area contributed by atoms with Crippen LogP contribution in [0.5, 0.6) is 0 Å². The summed E-state index contributed by atoms with van der Waals surface area (Å²) in [5.41, 5.74) is 1.35. The van der Waals surface area contributed by atoms with Crippen molar-refractivity contribution in [3.05, 3.63) is 22.7 Å². The van der Waals surface area contributed by atoms with Crippen molar-refractivity contribution in [3.8, 4) is 0 Å². The van der Waals surface area contributed by atoms with Crippen LogP contribution < -0.4 is 0 Å². The number of hydrogen-bond acceptors (Lipinski definition) is 4. The number of hydrogen-bond donors (Lipinski definition) is 0. The van der Waals surface area contributed by atoms with Crippen LogP contribution >= 0.6 is 11.5 Å². The Labute approximate surface area is 81.6 Å². The van der Waals surface area contributed by atoms with Crippen LogP contribution in [0.25, 0.3) is 0 Å². The van der Waals surface area contributed by atoms with E-state index < -0.39 is 0 Å². The highest BCUT2D eigenvalue weighted by Crippen LogP contribution is 2.16. The summed E-state index contributed by atoms with van der Waals surface area (Å²) in [4.78, 5) is 12.2. The van der Waals surface area contributed by atoms with Crippen LogP contribution in [0, 0.1) is 0 Å². The Morgan fingerprint density at radius 2 is 2.31 bits per heavy atom. The number of carbonyl (C=O) groups is 1. The van der Waals surface area contributed by atoms with Gasteiger partial charge in [-0.3, -0.25) is 4.79 Å². The fourth-order valence-corrected chi connectivity index (χ4v) is 1.70. The topological polar surface area (TPSA) is 42.9 Å². The Bertz CT molecular complexity index is 330. The van der Waals surface area contributed by atoms with Crippen LogP contribution in [0.4, 0.5) is 0 Å². The van der Waals surface area contributed by atoms with Crippen LogP contribution in [-0.4, -0.2) is 15.4 Å². The molecule has 0 bridgehead atoms. The lowest BCUT2D eigenvalue weighted by molar-refractivity contribution is 0.103. The smallest absolute Gasteiger partial charge is 0.201 e. The molecular formula is C9H12N2OS. The summed E-state index contributed by atoms with van der Waals surface area (Å²) >= 11 is 1.15. The summed E-state index contributed by atoms with van der Waals surface area (Å²) in [6, 6.07) is 0. The highest BCUT2D eigenvalue weighted by atomic mass is 32.1. The normalized spacial score (nSPS) is 10.0. The molecule has 0 aromatic carbocycles. The van der Waals surface area contributed by atoms with Crippen LogP contribution in [0.15, 0.2) is 12.2 Å². The van der Waals surface area contributed by atoms with Gasteiger partial charge < -0.3 is 0 Å². The summed E-state index contributed by atoms with van der Waals surface area (Å²) in [5.74, 6) is -0.0292. The summed E-state index contributed by atoms with van der Waals surface area (Å²) in [5, 5.41) is 3.92. The first-order valence-electron chi connectivity index (χ1n) is 4.18. The van der Waals surface area contributed by atoms with Crippen molar-refractivity contribution in [2.75, 3.05) is 0 Å². The first kappa shape index (κ1) is 10.1. The SMILES string of the molecule is C=C(C)C(=O)c1snnc1CCC. The van der Waals surface area contributed by atoms with E-state index in [0.717, 1.165) is 30.1 Å². The molecule has 1 aromatic heterocycles. The van der Waals surface area contributed by atoms with Crippen molar-refractivity contribution in [1.29, 1.82) is 0 Å². The third-order valence-corrected chi connectivity index (χ3v) is 2.40. The number of aromatic nitrogens is 2. The molecule has 70 valence electrons. The van der Waals surface area contributed by atoms with Gasteiger partial charge in [0.2, 0.25) is 5.78 Å². The molecule has 3 nitrogen and oxygen atoms in total. The summed E-state index contributed by atoms with van der Waals surface area (Å²) in [6.07, 6.45) is 1.78. The van der Waals surface area contributed by atoms with E-state index in [0.29, 0.717) is 10.5 Å². The zero-order valence-corrected chi connectivity index (χ0v) is 8.65. The minimum absolute atomic E-state index is 0.0292. The van der Waals surface area contributed by atoms with Gasteiger partial charge in [0, 0.05) is 0 Å². The molecule has 0 atom stereocenters. The van der Waals surface area contributed by atoms with Crippen molar-refractivity contribution in [2.24, 2.45) is 0 Å². The van der Waals surface area contributed by atoms with Crippen LogP contribution in [-0.2, 0) is 6.42 Å². The van der Waals surface area contributed by atoms with Crippen molar-refractivity contribution < 1.29 is 4.79 Å². The number of carbonyl (C=O) groups excluding carboxylic acids is 1. The maximum Gasteiger partial charge on any atom is 0.201 e. The molecular weight excluding hydrogens is 184 g/mol. The summed E-state index contributed by atoms with van der Waals surface area (Å²) in [6.45, 7) is 7.37. The lowest BCUT2D eigenvalue weighted by Crippen LogP contribution is -2.01. The lowest BCUT2D eigenvalue weighted by atomic mass is 10.1. The van der Waals surface area contributed by atoms with Crippen molar-refractivity contribution in [2.45, 2.75) is 26.7 Å². The third-order valence-electron chi connectivity index (χ3n) is 1.64. The fourth-order valence-electron chi connectivity index (χ4n) is 0.975. The zero-order chi connectivity index (χ0) is 9.84. The fraction of sp³-hybridized carbons (Fsp3) is 0.444. The second-order valence-electron chi connectivity index (χ2n) is 2.91. The maximum absolute atomic E-state index is 11.5. The second kappa shape index (κ2) is 4.28. The van der Waals surface area contributed by atoms with E-state index in [2.05, 4.69) is 16.2 Å². The summed E-state index contributed by atoms with van der Waals surface area (Å²) < 4.78 is 3.77. The molecule has 4 heteroatoms.